The molecule has 5 nitrogen and oxygen atoms in total. The van der Waals surface area contributed by atoms with Crippen molar-refractivity contribution in [3.8, 4) is 0 Å². The van der Waals surface area contributed by atoms with Crippen LogP contribution in [-0.4, -0.2) is 45.5 Å². The fourth-order valence-corrected chi connectivity index (χ4v) is 3.23. The highest BCUT2D eigenvalue weighted by Gasteiger charge is 2.15. The van der Waals surface area contributed by atoms with E-state index in [0.717, 1.165) is 73.4 Å². The van der Waals surface area contributed by atoms with E-state index in [1.54, 1.807) is 0 Å². The van der Waals surface area contributed by atoms with E-state index >= 15 is 0 Å². The van der Waals surface area contributed by atoms with Gasteiger partial charge in [0.25, 0.3) is 0 Å². The molecule has 1 aromatic carbocycles. The molecule has 0 bridgehead atoms. The average Bonchev–Trinajstić information content (AvgIpc) is 3.10. The lowest BCUT2D eigenvalue weighted by Crippen LogP contribution is -2.38. The molecule has 0 amide bonds. The molecule has 1 aromatic rings. The van der Waals surface area contributed by atoms with Gasteiger partial charge >= 0.3 is 0 Å². The highest BCUT2D eigenvalue weighted by Crippen LogP contribution is 2.21. The zero-order chi connectivity index (χ0) is 17.9. The molecule has 0 aromatic heterocycles. The van der Waals surface area contributed by atoms with Crippen molar-refractivity contribution in [1.29, 1.82) is 0 Å². The van der Waals surface area contributed by atoms with Crippen molar-refractivity contribution >= 4 is 57.5 Å². The maximum atomic E-state index is 6.24. The van der Waals surface area contributed by atoms with Crippen molar-refractivity contribution in [3.05, 3.63) is 33.3 Å². The first-order valence-corrected chi connectivity index (χ1v) is 9.97. The lowest BCUT2D eigenvalue weighted by Gasteiger charge is -2.12. The van der Waals surface area contributed by atoms with Crippen molar-refractivity contribution in [2.45, 2.75) is 26.3 Å². The summed E-state index contributed by atoms with van der Waals surface area (Å²) < 4.78 is 12.0. The van der Waals surface area contributed by atoms with Crippen LogP contribution in [0.25, 0.3) is 0 Å². The first kappa shape index (κ1) is 23.9. The molecule has 1 aliphatic heterocycles. The molecule has 0 aliphatic carbocycles. The fraction of sp³-hybridized carbons (Fsp3) is 0.611. The maximum absolute atomic E-state index is 6.24. The zero-order valence-corrected chi connectivity index (χ0v) is 19.8. The Morgan fingerprint density at radius 2 is 2.27 bits per heavy atom. The van der Waals surface area contributed by atoms with Crippen molar-refractivity contribution in [1.82, 2.24) is 10.6 Å². The number of hydrogen-bond donors (Lipinski definition) is 2. The normalized spacial score (nSPS) is 17.0. The molecular weight excluding hydrogens is 532 g/mol. The summed E-state index contributed by atoms with van der Waals surface area (Å²) in [7, 11) is 0. The van der Waals surface area contributed by atoms with Crippen LogP contribution in [0.1, 0.15) is 25.3 Å². The van der Waals surface area contributed by atoms with Gasteiger partial charge in [-0.15, -0.1) is 24.0 Å². The van der Waals surface area contributed by atoms with E-state index in [1.165, 1.54) is 0 Å². The van der Waals surface area contributed by atoms with E-state index in [0.29, 0.717) is 12.5 Å². The molecular formula is C18H28BrClIN3O2. The molecule has 1 fully saturated rings. The SMILES string of the molecule is CCNC(=NCc1ccc(Br)cc1Cl)NCCCOCC1CCOC1.I. The Morgan fingerprint density at radius 3 is 2.96 bits per heavy atom. The van der Waals surface area contributed by atoms with Gasteiger partial charge in [0, 0.05) is 41.7 Å². The predicted molar refractivity (Wildman–Crippen MR) is 122 cm³/mol. The molecule has 8 heteroatoms. The molecule has 26 heavy (non-hydrogen) atoms. The zero-order valence-electron chi connectivity index (χ0n) is 15.1. The Morgan fingerprint density at radius 1 is 1.42 bits per heavy atom. The van der Waals surface area contributed by atoms with Gasteiger partial charge in [-0.25, -0.2) is 4.99 Å². The molecule has 0 saturated carbocycles. The summed E-state index contributed by atoms with van der Waals surface area (Å²) in [6.45, 7) is 7.50. The number of ether oxygens (including phenoxy) is 2. The largest absolute Gasteiger partial charge is 0.381 e. The van der Waals surface area contributed by atoms with Crippen LogP contribution in [0.4, 0.5) is 0 Å². The molecule has 1 atom stereocenters. The number of rotatable bonds is 9. The fourth-order valence-electron chi connectivity index (χ4n) is 2.50. The van der Waals surface area contributed by atoms with Gasteiger partial charge in [-0.2, -0.15) is 0 Å². The summed E-state index contributed by atoms with van der Waals surface area (Å²) in [6, 6.07) is 5.85. The molecule has 1 heterocycles. The third kappa shape index (κ3) is 9.21. The van der Waals surface area contributed by atoms with Crippen LogP contribution in [0.5, 0.6) is 0 Å². The van der Waals surface area contributed by atoms with Gasteiger partial charge in [0.05, 0.1) is 19.8 Å². The minimum Gasteiger partial charge on any atom is -0.381 e. The molecule has 148 valence electrons. The van der Waals surface area contributed by atoms with Crippen LogP contribution < -0.4 is 10.6 Å². The Balaban J connectivity index is 0.00000338. The van der Waals surface area contributed by atoms with Gasteiger partial charge in [0.15, 0.2) is 5.96 Å². The van der Waals surface area contributed by atoms with Gasteiger partial charge in [0.1, 0.15) is 0 Å². The maximum Gasteiger partial charge on any atom is 0.191 e. The number of hydrogen-bond acceptors (Lipinski definition) is 3. The number of halogens is 3. The number of benzene rings is 1. The summed E-state index contributed by atoms with van der Waals surface area (Å²) in [6.07, 6.45) is 2.06. The standard InChI is InChI=1S/C18H27BrClN3O2.HI/c1-2-21-18(23-11-15-4-5-16(19)10-17(15)20)22-7-3-8-24-12-14-6-9-25-13-14;/h4-5,10,14H,2-3,6-9,11-13H2,1H3,(H2,21,22,23);1H. The highest BCUT2D eigenvalue weighted by molar-refractivity contribution is 14.0. The van der Waals surface area contributed by atoms with Crippen LogP contribution in [0.15, 0.2) is 27.7 Å². The van der Waals surface area contributed by atoms with Crippen LogP contribution in [0.2, 0.25) is 5.02 Å². The molecule has 0 spiro atoms. The van der Waals surface area contributed by atoms with E-state index in [9.17, 15) is 0 Å². The second-order valence-electron chi connectivity index (χ2n) is 6.02. The van der Waals surface area contributed by atoms with Crippen molar-refractivity contribution in [3.63, 3.8) is 0 Å². The van der Waals surface area contributed by atoms with Crippen molar-refractivity contribution < 1.29 is 9.47 Å². The smallest absolute Gasteiger partial charge is 0.191 e. The van der Waals surface area contributed by atoms with E-state index in [2.05, 4.69) is 38.5 Å². The van der Waals surface area contributed by atoms with Gasteiger partial charge < -0.3 is 20.1 Å². The quantitative estimate of drug-likeness (QED) is 0.206. The first-order chi connectivity index (χ1) is 12.2. The Labute approximate surface area is 186 Å². The Bertz CT molecular complexity index is 557. The minimum absolute atomic E-state index is 0. The van der Waals surface area contributed by atoms with E-state index in [1.807, 2.05) is 18.2 Å². The molecule has 2 N–H and O–H groups in total. The van der Waals surface area contributed by atoms with Gasteiger partial charge in [-0.3, -0.25) is 0 Å². The van der Waals surface area contributed by atoms with Gasteiger partial charge in [-0.05, 0) is 37.5 Å². The number of nitrogens with zero attached hydrogens (tertiary/aromatic N) is 1. The van der Waals surface area contributed by atoms with Crippen LogP contribution in [-0.2, 0) is 16.0 Å². The highest BCUT2D eigenvalue weighted by atomic mass is 127. The molecule has 0 radical (unpaired) electrons. The van der Waals surface area contributed by atoms with Crippen molar-refractivity contribution in [2.75, 3.05) is 39.5 Å². The Kier molecular flexibility index (Phi) is 12.9. The van der Waals surface area contributed by atoms with Crippen LogP contribution in [0.3, 0.4) is 0 Å². The monoisotopic (exact) mass is 559 g/mol. The van der Waals surface area contributed by atoms with E-state index in [4.69, 9.17) is 21.1 Å². The second kappa shape index (κ2) is 14.0. The minimum atomic E-state index is 0. The number of nitrogens with one attached hydrogen (secondary N) is 2. The summed E-state index contributed by atoms with van der Waals surface area (Å²) >= 11 is 9.65. The third-order valence-electron chi connectivity index (χ3n) is 3.90. The topological polar surface area (TPSA) is 54.9 Å². The lowest BCUT2D eigenvalue weighted by atomic mass is 10.1. The second-order valence-corrected chi connectivity index (χ2v) is 7.34. The molecule has 2 rings (SSSR count). The average molecular weight is 561 g/mol. The molecule has 1 saturated heterocycles. The predicted octanol–water partition coefficient (Wildman–Crippen LogP) is 4.22. The summed E-state index contributed by atoms with van der Waals surface area (Å²) in [5.41, 5.74) is 1.00. The summed E-state index contributed by atoms with van der Waals surface area (Å²) in [5, 5.41) is 7.30. The van der Waals surface area contributed by atoms with E-state index in [-0.39, 0.29) is 24.0 Å². The van der Waals surface area contributed by atoms with Gasteiger partial charge in [-0.1, -0.05) is 33.6 Å². The molecule has 1 aliphatic rings. The third-order valence-corrected chi connectivity index (χ3v) is 4.75. The van der Waals surface area contributed by atoms with Crippen LogP contribution >= 0.6 is 51.5 Å². The summed E-state index contributed by atoms with van der Waals surface area (Å²) in [4.78, 5) is 4.59. The van der Waals surface area contributed by atoms with Gasteiger partial charge in [0.2, 0.25) is 0 Å². The lowest BCUT2D eigenvalue weighted by molar-refractivity contribution is 0.0888. The number of guanidine groups is 1. The molecule has 1 unspecified atom stereocenters. The number of aliphatic imine (C=N–C) groups is 1. The first-order valence-electron chi connectivity index (χ1n) is 8.80. The summed E-state index contributed by atoms with van der Waals surface area (Å²) in [5.74, 6) is 1.37. The van der Waals surface area contributed by atoms with Crippen molar-refractivity contribution in [2.24, 2.45) is 10.9 Å². The van der Waals surface area contributed by atoms with Crippen LogP contribution in [0, 0.1) is 5.92 Å². The Hall–Kier alpha value is -0.0900. The van der Waals surface area contributed by atoms with E-state index < -0.39 is 0 Å².